The molecule has 4 atom stereocenters. The highest BCUT2D eigenvalue weighted by Gasteiger charge is 2.51. The summed E-state index contributed by atoms with van der Waals surface area (Å²) in [5.41, 5.74) is 7.59. The van der Waals surface area contributed by atoms with Gasteiger partial charge >= 0.3 is 0 Å². The van der Waals surface area contributed by atoms with Crippen LogP contribution in [0.1, 0.15) is 28.9 Å². The van der Waals surface area contributed by atoms with Crippen LogP contribution in [0.5, 0.6) is 0 Å². The van der Waals surface area contributed by atoms with Crippen molar-refractivity contribution in [2.24, 2.45) is 18.7 Å². The maximum absolute atomic E-state index is 12.2. The van der Waals surface area contributed by atoms with Gasteiger partial charge in [0.15, 0.2) is 0 Å². The molecule has 104 valence electrons. The van der Waals surface area contributed by atoms with E-state index in [0.29, 0.717) is 11.5 Å². The van der Waals surface area contributed by atoms with Gasteiger partial charge in [-0.15, -0.1) is 0 Å². The van der Waals surface area contributed by atoms with Crippen LogP contribution in [0.4, 0.5) is 0 Å². The summed E-state index contributed by atoms with van der Waals surface area (Å²) in [6, 6.07) is -0.0661. The molecule has 2 heterocycles. The van der Waals surface area contributed by atoms with Gasteiger partial charge in [-0.3, -0.25) is 9.48 Å². The largest absolute Gasteiger partial charge is 0.376 e. The van der Waals surface area contributed by atoms with E-state index < -0.39 is 0 Å². The summed E-state index contributed by atoms with van der Waals surface area (Å²) >= 11 is 0. The first kappa shape index (κ1) is 12.6. The Balaban J connectivity index is 1.68. The highest BCUT2D eigenvalue weighted by atomic mass is 16.5. The Morgan fingerprint density at radius 3 is 3.11 bits per heavy atom. The van der Waals surface area contributed by atoms with Crippen molar-refractivity contribution in [1.29, 1.82) is 0 Å². The monoisotopic (exact) mass is 264 g/mol. The van der Waals surface area contributed by atoms with Crippen molar-refractivity contribution in [2.45, 2.75) is 38.0 Å². The summed E-state index contributed by atoms with van der Waals surface area (Å²) in [5.74, 6) is 0.285. The number of nitrogens with zero attached hydrogens (tertiary/aromatic N) is 2. The van der Waals surface area contributed by atoms with E-state index in [1.807, 2.05) is 14.0 Å². The minimum absolute atomic E-state index is 0.00577. The molecule has 1 saturated carbocycles. The molecule has 19 heavy (non-hydrogen) atoms. The zero-order valence-electron chi connectivity index (χ0n) is 11.3. The zero-order valence-corrected chi connectivity index (χ0v) is 11.3. The summed E-state index contributed by atoms with van der Waals surface area (Å²) in [4.78, 5) is 12.2. The molecule has 6 heteroatoms. The van der Waals surface area contributed by atoms with Crippen LogP contribution in [0.2, 0.25) is 0 Å². The van der Waals surface area contributed by atoms with Crippen LogP contribution in [0.25, 0.3) is 0 Å². The molecule has 0 aromatic carbocycles. The van der Waals surface area contributed by atoms with Crippen molar-refractivity contribution < 1.29 is 9.53 Å². The molecule has 0 spiro atoms. The number of nitrogens with one attached hydrogen (secondary N) is 1. The first-order valence-electron chi connectivity index (χ1n) is 6.76. The van der Waals surface area contributed by atoms with Gasteiger partial charge in [0, 0.05) is 31.3 Å². The summed E-state index contributed by atoms with van der Waals surface area (Å²) in [5, 5.41) is 7.08. The minimum atomic E-state index is -0.112. The van der Waals surface area contributed by atoms with Gasteiger partial charge in [0.1, 0.15) is 0 Å². The van der Waals surface area contributed by atoms with E-state index in [1.54, 1.807) is 10.9 Å². The van der Waals surface area contributed by atoms with Crippen molar-refractivity contribution in [3.8, 4) is 0 Å². The summed E-state index contributed by atoms with van der Waals surface area (Å²) < 4.78 is 7.41. The van der Waals surface area contributed by atoms with E-state index in [0.717, 1.165) is 25.1 Å². The molecular formula is C13H20N4O2. The van der Waals surface area contributed by atoms with E-state index in [9.17, 15) is 4.79 Å². The van der Waals surface area contributed by atoms with E-state index in [-0.39, 0.29) is 24.1 Å². The predicted molar refractivity (Wildman–Crippen MR) is 69.6 cm³/mol. The molecule has 1 saturated heterocycles. The van der Waals surface area contributed by atoms with Gasteiger partial charge < -0.3 is 15.8 Å². The van der Waals surface area contributed by atoms with Crippen LogP contribution in [0.15, 0.2) is 6.20 Å². The fourth-order valence-corrected chi connectivity index (χ4v) is 3.08. The number of nitrogens with two attached hydrogens (primary N) is 1. The fourth-order valence-electron chi connectivity index (χ4n) is 3.08. The number of carbonyl (C=O) groups excluding carboxylic acids is 1. The highest BCUT2D eigenvalue weighted by molar-refractivity contribution is 5.95. The fraction of sp³-hybridized carbons (Fsp3) is 0.692. The van der Waals surface area contributed by atoms with Crippen LogP contribution in [0, 0.1) is 12.8 Å². The molecule has 1 aromatic heterocycles. The van der Waals surface area contributed by atoms with Gasteiger partial charge in [-0.1, -0.05) is 0 Å². The normalized spacial score (nSPS) is 33.4. The number of ether oxygens (including phenoxy) is 1. The molecule has 2 fully saturated rings. The number of hydrogen-bond donors (Lipinski definition) is 2. The number of aromatic nitrogens is 2. The second-order valence-corrected chi connectivity index (χ2v) is 5.49. The molecule has 3 N–H and O–H groups in total. The lowest BCUT2D eigenvalue weighted by Crippen LogP contribution is -2.72. The Morgan fingerprint density at radius 1 is 1.63 bits per heavy atom. The van der Waals surface area contributed by atoms with Crippen LogP contribution < -0.4 is 11.1 Å². The quantitative estimate of drug-likeness (QED) is 0.785. The van der Waals surface area contributed by atoms with Crippen molar-refractivity contribution >= 4 is 5.91 Å². The molecule has 1 amide bonds. The minimum Gasteiger partial charge on any atom is -0.376 e. The lowest BCUT2D eigenvalue weighted by molar-refractivity contribution is -0.117. The maximum atomic E-state index is 12.2. The third-order valence-electron chi connectivity index (χ3n) is 4.45. The molecule has 3 rings (SSSR count). The second-order valence-electron chi connectivity index (χ2n) is 5.49. The number of carbonyl (C=O) groups is 1. The van der Waals surface area contributed by atoms with Crippen LogP contribution >= 0.6 is 0 Å². The van der Waals surface area contributed by atoms with Crippen LogP contribution in [-0.4, -0.2) is 40.5 Å². The first-order valence-corrected chi connectivity index (χ1v) is 6.76. The van der Waals surface area contributed by atoms with Crippen LogP contribution in [-0.2, 0) is 11.8 Å². The Hall–Kier alpha value is -1.40. The third-order valence-corrected chi connectivity index (χ3v) is 4.45. The molecular weight excluding hydrogens is 244 g/mol. The third kappa shape index (κ3) is 1.95. The Morgan fingerprint density at radius 2 is 2.42 bits per heavy atom. The smallest absolute Gasteiger partial charge is 0.255 e. The molecule has 1 aromatic rings. The average Bonchev–Trinajstić information content (AvgIpc) is 2.76. The molecule has 1 aliphatic heterocycles. The van der Waals surface area contributed by atoms with E-state index in [1.165, 1.54) is 0 Å². The molecule has 2 aliphatic rings. The maximum Gasteiger partial charge on any atom is 0.255 e. The first-order chi connectivity index (χ1) is 9.09. The summed E-state index contributed by atoms with van der Waals surface area (Å²) in [6.07, 6.45) is 3.85. The lowest BCUT2D eigenvalue weighted by Gasteiger charge is -2.52. The summed E-state index contributed by atoms with van der Waals surface area (Å²) in [6.45, 7) is 2.65. The molecule has 1 aliphatic carbocycles. The highest BCUT2D eigenvalue weighted by Crippen LogP contribution is 2.37. The second kappa shape index (κ2) is 4.61. The van der Waals surface area contributed by atoms with Crippen molar-refractivity contribution in [1.82, 2.24) is 15.1 Å². The van der Waals surface area contributed by atoms with Crippen molar-refractivity contribution in [3.63, 3.8) is 0 Å². The van der Waals surface area contributed by atoms with Crippen molar-refractivity contribution in [3.05, 3.63) is 17.5 Å². The average molecular weight is 264 g/mol. The van der Waals surface area contributed by atoms with E-state index in [4.69, 9.17) is 10.5 Å². The van der Waals surface area contributed by atoms with E-state index in [2.05, 4.69) is 10.4 Å². The predicted octanol–water partition coefficient (Wildman–Crippen LogP) is -0.0370. The Bertz CT molecular complexity index is 499. The van der Waals surface area contributed by atoms with Gasteiger partial charge in [-0.2, -0.15) is 5.10 Å². The number of rotatable bonds is 2. The molecule has 0 radical (unpaired) electrons. The standard InChI is InChI=1S/C13H20N4O2/c1-7-9(6-15-17(7)2)13(18)16-11-10(14)8-4-3-5-19-12(8)11/h6,8,10-12H,3-5,14H2,1-2H3,(H,16,18). The zero-order chi connectivity index (χ0) is 13.6. The van der Waals surface area contributed by atoms with Gasteiger partial charge in [0.2, 0.25) is 0 Å². The molecule has 6 nitrogen and oxygen atoms in total. The van der Waals surface area contributed by atoms with E-state index >= 15 is 0 Å². The number of fused-ring (bicyclic) bond motifs is 1. The number of aryl methyl sites for hydroxylation is 1. The Labute approximate surface area is 112 Å². The summed E-state index contributed by atoms with van der Waals surface area (Å²) in [7, 11) is 1.82. The number of hydrogen-bond acceptors (Lipinski definition) is 4. The topological polar surface area (TPSA) is 82.2 Å². The van der Waals surface area contributed by atoms with Gasteiger partial charge in [-0.25, -0.2) is 0 Å². The van der Waals surface area contributed by atoms with Crippen LogP contribution in [0.3, 0.4) is 0 Å². The SMILES string of the molecule is Cc1c(C(=O)NC2C(N)C3CCCOC32)cnn1C. The molecule has 0 bridgehead atoms. The Kier molecular flexibility index (Phi) is 3.06. The lowest BCUT2D eigenvalue weighted by atomic mass is 9.68. The van der Waals surface area contributed by atoms with Crippen molar-refractivity contribution in [2.75, 3.05) is 6.61 Å². The van der Waals surface area contributed by atoms with Gasteiger partial charge in [0.25, 0.3) is 5.91 Å². The van der Waals surface area contributed by atoms with Gasteiger partial charge in [0.05, 0.1) is 23.9 Å². The van der Waals surface area contributed by atoms with Gasteiger partial charge in [-0.05, 0) is 19.8 Å². The number of amides is 1. The molecule has 4 unspecified atom stereocenters.